The third kappa shape index (κ3) is 4.42. The molecule has 0 amide bonds. The number of phenols is 1. The summed E-state index contributed by atoms with van der Waals surface area (Å²) in [6, 6.07) is 4.61. The highest BCUT2D eigenvalue weighted by molar-refractivity contribution is 5.98. The Morgan fingerprint density at radius 1 is 1.32 bits per heavy atom. The van der Waals surface area contributed by atoms with Crippen LogP contribution < -0.4 is 0 Å². The maximum absolute atomic E-state index is 11.2. The second kappa shape index (κ2) is 6.53. The van der Waals surface area contributed by atoms with Gasteiger partial charge in [0.05, 0.1) is 13.5 Å². The van der Waals surface area contributed by atoms with Crippen LogP contribution in [0.3, 0.4) is 0 Å². The largest absolute Gasteiger partial charge is 0.508 e. The highest BCUT2D eigenvalue weighted by atomic mass is 16.5. The van der Waals surface area contributed by atoms with Gasteiger partial charge in [-0.2, -0.15) is 0 Å². The number of hydrogen-bond donors (Lipinski definition) is 2. The van der Waals surface area contributed by atoms with Crippen molar-refractivity contribution >= 4 is 17.7 Å². The van der Waals surface area contributed by atoms with Gasteiger partial charge < -0.3 is 14.9 Å². The summed E-state index contributed by atoms with van der Waals surface area (Å²) in [5.41, 5.74) is 0.793. The Morgan fingerprint density at radius 3 is 2.37 bits per heavy atom. The number of ether oxygens (including phenoxy) is 1. The van der Waals surface area contributed by atoms with Crippen LogP contribution in [0.5, 0.6) is 5.75 Å². The summed E-state index contributed by atoms with van der Waals surface area (Å²) in [6.07, 6.45) is -0.0572. The second-order valence-electron chi connectivity index (χ2n) is 3.95. The number of aromatic hydroxyl groups is 1. The molecule has 6 heteroatoms. The zero-order chi connectivity index (χ0) is 14.4. The average molecular weight is 265 g/mol. The number of hydrogen-bond acceptors (Lipinski definition) is 5. The van der Waals surface area contributed by atoms with Gasteiger partial charge in [0.2, 0.25) is 0 Å². The van der Waals surface area contributed by atoms with E-state index in [1.807, 2.05) is 0 Å². The molecule has 102 valence electrons. The maximum Gasteiger partial charge on any atom is 0.333 e. The van der Waals surface area contributed by atoms with Crippen molar-refractivity contribution in [2.75, 3.05) is 7.11 Å². The number of carboxylic acid groups (broad SMARTS) is 1. The van der Waals surface area contributed by atoms with Crippen LogP contribution in [0.15, 0.2) is 29.3 Å². The number of aliphatic carboxylic acids is 1. The smallest absolute Gasteiger partial charge is 0.333 e. The fourth-order valence-electron chi connectivity index (χ4n) is 1.48. The molecule has 0 aromatic heterocycles. The minimum atomic E-state index is -1.13. The molecule has 1 aromatic carbocycles. The second-order valence-corrected chi connectivity index (χ2v) is 3.95. The first-order chi connectivity index (χ1) is 8.93. The van der Waals surface area contributed by atoms with E-state index in [2.05, 4.69) is 9.73 Å². The molecule has 1 rings (SSSR count). The molecule has 0 fully saturated rings. The molecule has 0 bridgehead atoms. The van der Waals surface area contributed by atoms with E-state index in [1.165, 1.54) is 31.4 Å². The lowest BCUT2D eigenvalue weighted by atomic mass is 10.1. The minimum Gasteiger partial charge on any atom is -0.508 e. The Morgan fingerprint density at radius 2 is 1.89 bits per heavy atom. The predicted octanol–water partition coefficient (Wildman–Crippen LogP) is 1.54. The summed E-state index contributed by atoms with van der Waals surface area (Å²) in [4.78, 5) is 26.3. The number of carbonyl (C=O) groups excluding carboxylic acids is 1. The van der Waals surface area contributed by atoms with E-state index in [1.54, 1.807) is 6.92 Å². The summed E-state index contributed by atoms with van der Waals surface area (Å²) in [7, 11) is 1.25. The first-order valence-corrected chi connectivity index (χ1v) is 5.56. The number of carboxylic acids is 1. The molecule has 1 atom stereocenters. The van der Waals surface area contributed by atoms with Gasteiger partial charge in [-0.3, -0.25) is 9.79 Å². The molecule has 1 unspecified atom stereocenters. The molecule has 6 nitrogen and oxygen atoms in total. The van der Waals surface area contributed by atoms with E-state index in [4.69, 9.17) is 10.2 Å². The lowest BCUT2D eigenvalue weighted by Gasteiger charge is -2.09. The Balaban J connectivity index is 2.95. The summed E-state index contributed by atoms with van der Waals surface area (Å²) in [5.74, 6) is -1.56. The number of carbonyl (C=O) groups is 2. The lowest BCUT2D eigenvalue weighted by molar-refractivity contribution is -0.140. The molecular formula is C13H15NO5. The van der Waals surface area contributed by atoms with E-state index >= 15 is 0 Å². The van der Waals surface area contributed by atoms with Crippen molar-refractivity contribution in [3.8, 4) is 5.75 Å². The topological polar surface area (TPSA) is 96.2 Å². The Labute approximate surface area is 110 Å². The third-order valence-electron chi connectivity index (χ3n) is 2.42. The van der Waals surface area contributed by atoms with Gasteiger partial charge in [0.25, 0.3) is 0 Å². The van der Waals surface area contributed by atoms with Gasteiger partial charge in [-0.1, -0.05) is 12.1 Å². The molecule has 0 heterocycles. The van der Waals surface area contributed by atoms with Crippen LogP contribution in [0, 0.1) is 0 Å². The standard InChI is InChI=1S/C13H15NO5/c1-8(7-11(16)19-2)14-12(13(17)18)9-3-5-10(15)6-4-9/h3-6,12,15H,7H2,1-2H3,(H,17,18). The number of benzene rings is 1. The first-order valence-electron chi connectivity index (χ1n) is 5.56. The van der Waals surface area contributed by atoms with Crippen LogP contribution >= 0.6 is 0 Å². The maximum atomic E-state index is 11.2. The molecule has 0 aliphatic heterocycles. The molecular weight excluding hydrogens is 250 g/mol. The molecule has 0 saturated carbocycles. The summed E-state index contributed by atoms with van der Waals surface area (Å²) < 4.78 is 4.48. The van der Waals surface area contributed by atoms with Gasteiger partial charge in [-0.05, 0) is 24.6 Å². The third-order valence-corrected chi connectivity index (χ3v) is 2.42. The van der Waals surface area contributed by atoms with Crippen molar-refractivity contribution in [3.05, 3.63) is 29.8 Å². The van der Waals surface area contributed by atoms with Crippen molar-refractivity contribution in [1.29, 1.82) is 0 Å². The molecule has 0 aliphatic carbocycles. The fourth-order valence-corrected chi connectivity index (χ4v) is 1.48. The zero-order valence-electron chi connectivity index (χ0n) is 10.7. The van der Waals surface area contributed by atoms with Crippen molar-refractivity contribution in [2.45, 2.75) is 19.4 Å². The number of phenolic OH excluding ortho intramolecular Hbond substituents is 1. The van der Waals surface area contributed by atoms with Gasteiger partial charge >= 0.3 is 11.9 Å². The number of rotatable bonds is 5. The highest BCUT2D eigenvalue weighted by Crippen LogP contribution is 2.21. The Kier molecular flexibility index (Phi) is 5.05. The van der Waals surface area contributed by atoms with Crippen LogP contribution in [0.1, 0.15) is 24.9 Å². The number of nitrogens with zero attached hydrogens (tertiary/aromatic N) is 1. The van der Waals surface area contributed by atoms with Crippen molar-refractivity contribution in [1.82, 2.24) is 0 Å². The van der Waals surface area contributed by atoms with Crippen molar-refractivity contribution < 1.29 is 24.5 Å². The predicted molar refractivity (Wildman–Crippen MR) is 68.2 cm³/mol. The van der Waals surface area contributed by atoms with Crippen molar-refractivity contribution in [2.24, 2.45) is 4.99 Å². The number of esters is 1. The normalized spacial score (nSPS) is 12.8. The van der Waals surface area contributed by atoms with E-state index in [-0.39, 0.29) is 12.2 Å². The van der Waals surface area contributed by atoms with Crippen LogP contribution in [-0.2, 0) is 14.3 Å². The van der Waals surface area contributed by atoms with Crippen LogP contribution in [0.2, 0.25) is 0 Å². The summed E-state index contributed by atoms with van der Waals surface area (Å²) in [5, 5.41) is 18.3. The molecule has 2 N–H and O–H groups in total. The monoisotopic (exact) mass is 265 g/mol. The van der Waals surface area contributed by atoms with E-state index in [0.29, 0.717) is 11.3 Å². The molecule has 1 aromatic rings. The summed E-state index contributed by atoms with van der Waals surface area (Å²) >= 11 is 0. The number of methoxy groups -OCH3 is 1. The highest BCUT2D eigenvalue weighted by Gasteiger charge is 2.19. The average Bonchev–Trinajstić information content (AvgIpc) is 2.36. The first kappa shape index (κ1) is 14.7. The van der Waals surface area contributed by atoms with Crippen molar-refractivity contribution in [3.63, 3.8) is 0 Å². The van der Waals surface area contributed by atoms with E-state index < -0.39 is 18.0 Å². The van der Waals surface area contributed by atoms with Gasteiger partial charge in [0.1, 0.15) is 5.75 Å². The number of aliphatic imine (C=N–C) groups is 1. The van der Waals surface area contributed by atoms with Gasteiger partial charge in [-0.15, -0.1) is 0 Å². The van der Waals surface area contributed by atoms with Crippen LogP contribution in [-0.4, -0.2) is 35.0 Å². The van der Waals surface area contributed by atoms with E-state index in [9.17, 15) is 9.59 Å². The van der Waals surface area contributed by atoms with Gasteiger partial charge in [0, 0.05) is 5.71 Å². The SMILES string of the molecule is COC(=O)CC(C)=NC(C(=O)O)c1ccc(O)cc1. The quantitative estimate of drug-likeness (QED) is 0.622. The van der Waals surface area contributed by atoms with E-state index in [0.717, 1.165) is 0 Å². The lowest BCUT2D eigenvalue weighted by Crippen LogP contribution is -2.13. The molecule has 0 spiro atoms. The van der Waals surface area contributed by atoms with Crippen LogP contribution in [0.4, 0.5) is 0 Å². The van der Waals surface area contributed by atoms with Gasteiger partial charge in [-0.25, -0.2) is 4.79 Å². The molecule has 0 saturated heterocycles. The van der Waals surface area contributed by atoms with Crippen LogP contribution in [0.25, 0.3) is 0 Å². The minimum absolute atomic E-state index is 0.0446. The molecule has 19 heavy (non-hydrogen) atoms. The van der Waals surface area contributed by atoms with Gasteiger partial charge in [0.15, 0.2) is 6.04 Å². The fraction of sp³-hybridized carbons (Fsp3) is 0.308. The molecule has 0 radical (unpaired) electrons. The Hall–Kier alpha value is -2.37. The Bertz CT molecular complexity index is 492. The summed E-state index contributed by atoms with van der Waals surface area (Å²) in [6.45, 7) is 1.56. The molecule has 0 aliphatic rings. The zero-order valence-corrected chi connectivity index (χ0v) is 10.7.